The van der Waals surface area contributed by atoms with Crippen molar-refractivity contribution < 1.29 is 14.6 Å². The van der Waals surface area contributed by atoms with E-state index in [9.17, 15) is 9.90 Å². The molecule has 4 heteroatoms. The van der Waals surface area contributed by atoms with Crippen molar-refractivity contribution >= 4 is 5.91 Å². The summed E-state index contributed by atoms with van der Waals surface area (Å²) in [6.07, 6.45) is 13.5. The SMILES string of the molecule is COc1cccc(O)c1C(=O)NC1CCCCCCCCCCC1. The normalized spacial score (nSPS) is 18.2. The molecule has 1 aliphatic rings. The van der Waals surface area contributed by atoms with E-state index in [2.05, 4.69) is 5.32 Å². The lowest BCUT2D eigenvalue weighted by Gasteiger charge is -2.20. The van der Waals surface area contributed by atoms with Crippen LogP contribution in [0.1, 0.15) is 81.0 Å². The highest BCUT2D eigenvalue weighted by Crippen LogP contribution is 2.27. The van der Waals surface area contributed by atoms with Crippen molar-refractivity contribution in [2.75, 3.05) is 7.11 Å². The second-order valence-electron chi connectivity index (χ2n) is 6.78. The van der Waals surface area contributed by atoms with Crippen LogP contribution in [0.15, 0.2) is 18.2 Å². The highest BCUT2D eigenvalue weighted by Gasteiger charge is 2.20. The highest BCUT2D eigenvalue weighted by atomic mass is 16.5. The Bertz CT molecular complexity index is 504. The Hall–Kier alpha value is -1.71. The number of phenolic OH excluding ortho intramolecular Hbond substituents is 1. The van der Waals surface area contributed by atoms with Gasteiger partial charge in [-0.1, -0.05) is 63.9 Å². The number of methoxy groups -OCH3 is 1. The van der Waals surface area contributed by atoms with Gasteiger partial charge in [0.05, 0.1) is 7.11 Å². The Labute approximate surface area is 145 Å². The maximum atomic E-state index is 12.6. The van der Waals surface area contributed by atoms with Crippen molar-refractivity contribution in [1.29, 1.82) is 0 Å². The molecule has 1 aromatic carbocycles. The monoisotopic (exact) mass is 333 g/mol. The van der Waals surface area contributed by atoms with Gasteiger partial charge in [0.15, 0.2) is 0 Å². The van der Waals surface area contributed by atoms with Crippen LogP contribution >= 0.6 is 0 Å². The Morgan fingerprint density at radius 1 is 1.00 bits per heavy atom. The van der Waals surface area contributed by atoms with Crippen LogP contribution in [-0.4, -0.2) is 24.2 Å². The molecule has 0 saturated heterocycles. The van der Waals surface area contributed by atoms with Crippen LogP contribution in [0.4, 0.5) is 0 Å². The molecule has 1 aromatic rings. The van der Waals surface area contributed by atoms with Gasteiger partial charge >= 0.3 is 0 Å². The molecule has 1 saturated carbocycles. The molecule has 0 heterocycles. The van der Waals surface area contributed by atoms with E-state index in [0.717, 1.165) is 25.7 Å². The van der Waals surface area contributed by atoms with Gasteiger partial charge in [-0.05, 0) is 25.0 Å². The molecular formula is C20H31NO3. The van der Waals surface area contributed by atoms with Crippen LogP contribution in [0.3, 0.4) is 0 Å². The summed E-state index contributed by atoms with van der Waals surface area (Å²) < 4.78 is 5.23. The maximum Gasteiger partial charge on any atom is 0.259 e. The minimum atomic E-state index is -0.234. The third-order valence-corrected chi connectivity index (χ3v) is 4.89. The first-order chi connectivity index (χ1) is 11.7. The quantitative estimate of drug-likeness (QED) is 0.835. The molecule has 1 aliphatic carbocycles. The van der Waals surface area contributed by atoms with Gasteiger partial charge in [-0.25, -0.2) is 0 Å². The van der Waals surface area contributed by atoms with Gasteiger partial charge in [0.1, 0.15) is 17.1 Å². The fraction of sp³-hybridized carbons (Fsp3) is 0.650. The molecule has 0 aromatic heterocycles. The molecule has 2 rings (SSSR count). The van der Waals surface area contributed by atoms with E-state index < -0.39 is 0 Å². The van der Waals surface area contributed by atoms with Crippen LogP contribution in [0.5, 0.6) is 11.5 Å². The summed E-state index contributed by atoms with van der Waals surface area (Å²) in [7, 11) is 1.52. The minimum absolute atomic E-state index is 0.0278. The lowest BCUT2D eigenvalue weighted by molar-refractivity contribution is 0.0925. The van der Waals surface area contributed by atoms with Gasteiger partial charge in [-0.2, -0.15) is 0 Å². The highest BCUT2D eigenvalue weighted by molar-refractivity contribution is 5.99. The number of amides is 1. The third kappa shape index (κ3) is 5.73. The van der Waals surface area contributed by atoms with E-state index >= 15 is 0 Å². The number of phenols is 1. The van der Waals surface area contributed by atoms with Crippen LogP contribution in [-0.2, 0) is 0 Å². The average molecular weight is 333 g/mol. The number of aromatic hydroxyl groups is 1. The number of benzene rings is 1. The van der Waals surface area contributed by atoms with Crippen molar-refractivity contribution in [2.45, 2.75) is 76.7 Å². The maximum absolute atomic E-state index is 12.6. The number of carbonyl (C=O) groups excluding carboxylic acids is 1. The van der Waals surface area contributed by atoms with Crippen LogP contribution in [0.2, 0.25) is 0 Å². The summed E-state index contributed by atoms with van der Waals surface area (Å²) in [5.74, 6) is 0.155. The van der Waals surface area contributed by atoms with Crippen LogP contribution in [0.25, 0.3) is 0 Å². The molecule has 0 aliphatic heterocycles. The second-order valence-corrected chi connectivity index (χ2v) is 6.78. The summed E-state index contributed by atoms with van der Waals surface area (Å²) in [5.41, 5.74) is 0.242. The predicted octanol–water partition coefficient (Wildman–Crippen LogP) is 4.80. The molecular weight excluding hydrogens is 302 g/mol. The molecule has 2 N–H and O–H groups in total. The minimum Gasteiger partial charge on any atom is -0.507 e. The van der Waals surface area contributed by atoms with Gasteiger partial charge in [-0.15, -0.1) is 0 Å². The first-order valence-electron chi connectivity index (χ1n) is 9.39. The van der Waals surface area contributed by atoms with Gasteiger partial charge in [-0.3, -0.25) is 4.79 Å². The number of ether oxygens (including phenoxy) is 1. The topological polar surface area (TPSA) is 58.6 Å². The Kier molecular flexibility index (Phi) is 7.93. The number of hydrogen-bond donors (Lipinski definition) is 2. The number of carbonyl (C=O) groups is 1. The Balaban J connectivity index is 1.99. The summed E-state index contributed by atoms with van der Waals surface area (Å²) in [6, 6.07) is 5.09. The lowest BCUT2D eigenvalue weighted by atomic mass is 9.97. The molecule has 1 amide bonds. The second kappa shape index (κ2) is 10.2. The van der Waals surface area contributed by atoms with Crippen LogP contribution in [0, 0.1) is 0 Å². The third-order valence-electron chi connectivity index (χ3n) is 4.89. The fourth-order valence-electron chi connectivity index (χ4n) is 3.48. The van der Waals surface area contributed by atoms with Crippen molar-refractivity contribution in [2.24, 2.45) is 0 Å². The lowest BCUT2D eigenvalue weighted by Crippen LogP contribution is -2.35. The molecule has 0 atom stereocenters. The van der Waals surface area contributed by atoms with Crippen molar-refractivity contribution in [1.82, 2.24) is 5.32 Å². The van der Waals surface area contributed by atoms with Crippen molar-refractivity contribution in [3.05, 3.63) is 23.8 Å². The van der Waals surface area contributed by atoms with Gasteiger partial charge in [0, 0.05) is 6.04 Å². The zero-order chi connectivity index (χ0) is 17.2. The van der Waals surface area contributed by atoms with E-state index in [1.807, 2.05) is 0 Å². The van der Waals surface area contributed by atoms with E-state index in [0.29, 0.717) is 5.75 Å². The molecule has 0 radical (unpaired) electrons. The summed E-state index contributed by atoms with van der Waals surface area (Å²) >= 11 is 0. The molecule has 0 spiro atoms. The smallest absolute Gasteiger partial charge is 0.259 e. The molecule has 0 unspecified atom stereocenters. The number of rotatable bonds is 3. The summed E-state index contributed by atoms with van der Waals surface area (Å²) in [4.78, 5) is 12.6. The Morgan fingerprint density at radius 3 is 2.08 bits per heavy atom. The van der Waals surface area contributed by atoms with Crippen LogP contribution < -0.4 is 10.1 Å². The number of hydrogen-bond acceptors (Lipinski definition) is 3. The summed E-state index contributed by atoms with van der Waals surface area (Å²) in [6.45, 7) is 0. The molecule has 0 bridgehead atoms. The first kappa shape index (κ1) is 18.6. The van der Waals surface area contributed by atoms with E-state index in [1.54, 1.807) is 12.1 Å². The molecule has 24 heavy (non-hydrogen) atoms. The first-order valence-corrected chi connectivity index (χ1v) is 9.39. The van der Waals surface area contributed by atoms with E-state index in [4.69, 9.17) is 4.74 Å². The standard InChI is InChI=1S/C20H31NO3/c1-24-18-15-11-14-17(22)19(18)20(23)21-16-12-9-7-5-3-2-4-6-8-10-13-16/h11,14-16,22H,2-10,12-13H2,1H3,(H,21,23). The van der Waals surface area contributed by atoms with Gasteiger partial charge in [0.2, 0.25) is 0 Å². The zero-order valence-corrected chi connectivity index (χ0v) is 14.9. The summed E-state index contributed by atoms with van der Waals surface area (Å²) in [5, 5.41) is 13.2. The molecule has 134 valence electrons. The van der Waals surface area contributed by atoms with Gasteiger partial charge < -0.3 is 15.2 Å². The molecule has 1 fully saturated rings. The van der Waals surface area contributed by atoms with E-state index in [1.165, 1.54) is 58.1 Å². The van der Waals surface area contributed by atoms with E-state index in [-0.39, 0.29) is 23.3 Å². The fourth-order valence-corrected chi connectivity index (χ4v) is 3.48. The Morgan fingerprint density at radius 2 is 1.54 bits per heavy atom. The molecule has 4 nitrogen and oxygen atoms in total. The predicted molar refractivity (Wildman–Crippen MR) is 96.7 cm³/mol. The van der Waals surface area contributed by atoms with Crippen molar-refractivity contribution in [3.8, 4) is 11.5 Å². The zero-order valence-electron chi connectivity index (χ0n) is 14.9. The largest absolute Gasteiger partial charge is 0.507 e. The average Bonchev–Trinajstić information content (AvgIpc) is 2.56. The number of nitrogens with one attached hydrogen (secondary N) is 1. The van der Waals surface area contributed by atoms with Crippen molar-refractivity contribution in [3.63, 3.8) is 0 Å². The van der Waals surface area contributed by atoms with Gasteiger partial charge in [0.25, 0.3) is 5.91 Å².